The van der Waals surface area contributed by atoms with Gasteiger partial charge in [0.25, 0.3) is 5.91 Å². The summed E-state index contributed by atoms with van der Waals surface area (Å²) in [4.78, 5) is 25.9. The first-order valence-electron chi connectivity index (χ1n) is 8.91. The monoisotopic (exact) mass is 356 g/mol. The number of aliphatic hydroxyl groups is 1. The van der Waals surface area contributed by atoms with E-state index in [0.29, 0.717) is 18.7 Å². The molecule has 1 atom stereocenters. The Kier molecular flexibility index (Phi) is 5.68. The molecule has 0 aliphatic carbocycles. The van der Waals surface area contributed by atoms with Crippen LogP contribution in [-0.2, 0) is 11.3 Å². The number of piperidine rings is 1. The molecule has 3 rings (SSSR count). The van der Waals surface area contributed by atoms with Crippen molar-refractivity contribution < 1.29 is 14.7 Å². The van der Waals surface area contributed by atoms with E-state index in [1.54, 1.807) is 27.9 Å². The van der Waals surface area contributed by atoms with Crippen molar-refractivity contribution in [1.29, 1.82) is 0 Å². The molecule has 0 unspecified atom stereocenters. The number of hydrogen-bond donors (Lipinski definition) is 2. The number of likely N-dealkylation sites (tertiary alicyclic amines) is 1. The minimum atomic E-state index is -0.370. The Balaban J connectivity index is 1.74. The van der Waals surface area contributed by atoms with E-state index in [2.05, 4.69) is 5.10 Å². The van der Waals surface area contributed by atoms with E-state index in [4.69, 9.17) is 10.8 Å². The first-order valence-corrected chi connectivity index (χ1v) is 8.91. The summed E-state index contributed by atoms with van der Waals surface area (Å²) in [7, 11) is 0. The molecule has 138 valence electrons. The number of primary amides is 1. The number of aliphatic hydroxyl groups excluding tert-OH is 1. The average molecular weight is 356 g/mol. The van der Waals surface area contributed by atoms with Crippen LogP contribution in [0.1, 0.15) is 36.0 Å². The van der Waals surface area contributed by atoms with Gasteiger partial charge in [-0.1, -0.05) is 12.1 Å². The predicted molar refractivity (Wildman–Crippen MR) is 97.2 cm³/mol. The highest BCUT2D eigenvalue weighted by Gasteiger charge is 2.28. The van der Waals surface area contributed by atoms with Crippen LogP contribution in [0.5, 0.6) is 0 Å². The Morgan fingerprint density at radius 2 is 1.96 bits per heavy atom. The Bertz CT molecular complexity index is 769. The summed E-state index contributed by atoms with van der Waals surface area (Å²) in [6.07, 6.45) is 6.59. The maximum atomic E-state index is 12.9. The van der Waals surface area contributed by atoms with Gasteiger partial charge in [-0.15, -0.1) is 0 Å². The summed E-state index contributed by atoms with van der Waals surface area (Å²) in [6.45, 7) is 1.15. The Morgan fingerprint density at radius 1 is 1.19 bits per heavy atom. The molecule has 1 saturated heterocycles. The molecule has 0 saturated carbocycles. The van der Waals surface area contributed by atoms with Gasteiger partial charge in [0.05, 0.1) is 19.3 Å². The van der Waals surface area contributed by atoms with Gasteiger partial charge in [-0.05, 0) is 37.0 Å². The van der Waals surface area contributed by atoms with E-state index in [0.717, 1.165) is 30.4 Å². The standard InChI is InChI=1S/C19H24N4O3/c20-18(25)11-17-3-1-2-8-23(17)19(26)15-6-4-14(5-7-15)16-12-21-22(13-16)9-10-24/h4-7,12-13,17,24H,1-3,8-11H2,(H2,20,25)/t17-/m1/s1. The number of aromatic nitrogens is 2. The second-order valence-corrected chi connectivity index (χ2v) is 6.61. The average Bonchev–Trinajstić information content (AvgIpc) is 3.10. The normalized spacial score (nSPS) is 17.3. The minimum absolute atomic E-state index is 0.0386. The molecule has 2 aromatic rings. The summed E-state index contributed by atoms with van der Waals surface area (Å²) in [5, 5.41) is 13.2. The van der Waals surface area contributed by atoms with Crippen LogP contribution < -0.4 is 5.73 Å². The van der Waals surface area contributed by atoms with E-state index in [-0.39, 0.29) is 30.9 Å². The number of rotatable bonds is 6. The summed E-state index contributed by atoms with van der Waals surface area (Å²) in [5.41, 5.74) is 7.83. The van der Waals surface area contributed by atoms with Gasteiger partial charge in [0.2, 0.25) is 5.91 Å². The Labute approximate surface area is 152 Å². The Hall–Kier alpha value is -2.67. The van der Waals surface area contributed by atoms with Crippen LogP contribution in [-0.4, -0.2) is 50.8 Å². The molecular formula is C19H24N4O3. The maximum Gasteiger partial charge on any atom is 0.254 e. The van der Waals surface area contributed by atoms with Crippen molar-refractivity contribution in [2.45, 2.75) is 38.3 Å². The number of carbonyl (C=O) groups is 2. The van der Waals surface area contributed by atoms with E-state index in [1.165, 1.54) is 0 Å². The zero-order valence-corrected chi connectivity index (χ0v) is 14.7. The highest BCUT2D eigenvalue weighted by atomic mass is 16.3. The third-order valence-electron chi connectivity index (χ3n) is 4.75. The SMILES string of the molecule is NC(=O)C[C@H]1CCCCN1C(=O)c1ccc(-c2cnn(CCO)c2)cc1. The summed E-state index contributed by atoms with van der Waals surface area (Å²) < 4.78 is 1.68. The molecular weight excluding hydrogens is 332 g/mol. The second-order valence-electron chi connectivity index (χ2n) is 6.61. The van der Waals surface area contributed by atoms with Gasteiger partial charge in [0.1, 0.15) is 0 Å². The maximum absolute atomic E-state index is 12.9. The van der Waals surface area contributed by atoms with Crippen LogP contribution in [0.2, 0.25) is 0 Å². The van der Waals surface area contributed by atoms with Crippen molar-refractivity contribution in [3.05, 3.63) is 42.2 Å². The van der Waals surface area contributed by atoms with Gasteiger partial charge in [-0.3, -0.25) is 14.3 Å². The van der Waals surface area contributed by atoms with Crippen LogP contribution >= 0.6 is 0 Å². The smallest absolute Gasteiger partial charge is 0.254 e. The molecule has 3 N–H and O–H groups in total. The molecule has 7 heteroatoms. The van der Waals surface area contributed by atoms with Crippen LogP contribution in [0.15, 0.2) is 36.7 Å². The number of benzene rings is 1. The van der Waals surface area contributed by atoms with Gasteiger partial charge in [-0.2, -0.15) is 5.10 Å². The number of carbonyl (C=O) groups excluding carboxylic acids is 2. The Morgan fingerprint density at radius 3 is 2.65 bits per heavy atom. The molecule has 1 aromatic carbocycles. The number of hydrogen-bond acceptors (Lipinski definition) is 4. The predicted octanol–water partition coefficient (Wildman–Crippen LogP) is 1.41. The minimum Gasteiger partial charge on any atom is -0.394 e. The topological polar surface area (TPSA) is 101 Å². The number of nitrogens with zero attached hydrogens (tertiary/aromatic N) is 3. The fourth-order valence-corrected chi connectivity index (χ4v) is 3.42. The van der Waals surface area contributed by atoms with Gasteiger partial charge in [0, 0.05) is 36.3 Å². The summed E-state index contributed by atoms with van der Waals surface area (Å²) in [5.74, 6) is -0.427. The second kappa shape index (κ2) is 8.14. The first kappa shape index (κ1) is 18.1. The first-order chi connectivity index (χ1) is 12.6. The number of nitrogens with two attached hydrogens (primary N) is 1. The van der Waals surface area contributed by atoms with E-state index in [1.807, 2.05) is 18.3 Å². The lowest BCUT2D eigenvalue weighted by molar-refractivity contribution is -0.119. The third-order valence-corrected chi connectivity index (χ3v) is 4.75. The van der Waals surface area contributed by atoms with Crippen molar-refractivity contribution in [3.8, 4) is 11.1 Å². The van der Waals surface area contributed by atoms with Crippen molar-refractivity contribution in [3.63, 3.8) is 0 Å². The van der Waals surface area contributed by atoms with Crippen LogP contribution in [0.3, 0.4) is 0 Å². The van der Waals surface area contributed by atoms with Crippen LogP contribution in [0.25, 0.3) is 11.1 Å². The molecule has 0 bridgehead atoms. The molecule has 0 radical (unpaired) electrons. The highest BCUT2D eigenvalue weighted by molar-refractivity contribution is 5.95. The van der Waals surface area contributed by atoms with E-state index >= 15 is 0 Å². The zero-order valence-electron chi connectivity index (χ0n) is 14.7. The van der Waals surface area contributed by atoms with Crippen LogP contribution in [0, 0.1) is 0 Å². The van der Waals surface area contributed by atoms with Crippen molar-refractivity contribution in [2.75, 3.05) is 13.2 Å². The number of amides is 2. The largest absolute Gasteiger partial charge is 0.394 e. The zero-order chi connectivity index (χ0) is 18.5. The van der Waals surface area contributed by atoms with Gasteiger partial charge in [0.15, 0.2) is 0 Å². The quantitative estimate of drug-likeness (QED) is 0.817. The summed E-state index contributed by atoms with van der Waals surface area (Å²) in [6, 6.07) is 7.28. The van der Waals surface area contributed by atoms with Crippen LogP contribution in [0.4, 0.5) is 0 Å². The lowest BCUT2D eigenvalue weighted by Crippen LogP contribution is -2.45. The molecule has 1 fully saturated rings. The van der Waals surface area contributed by atoms with Crippen molar-refractivity contribution >= 4 is 11.8 Å². The fourth-order valence-electron chi connectivity index (χ4n) is 3.42. The third kappa shape index (κ3) is 4.11. The molecule has 7 nitrogen and oxygen atoms in total. The van der Waals surface area contributed by atoms with Crippen molar-refractivity contribution in [2.24, 2.45) is 5.73 Å². The highest BCUT2D eigenvalue weighted by Crippen LogP contribution is 2.24. The lowest BCUT2D eigenvalue weighted by atomic mass is 9.97. The lowest BCUT2D eigenvalue weighted by Gasteiger charge is -2.35. The van der Waals surface area contributed by atoms with Gasteiger partial charge < -0.3 is 15.7 Å². The molecule has 1 aliphatic heterocycles. The van der Waals surface area contributed by atoms with E-state index in [9.17, 15) is 9.59 Å². The summed E-state index contributed by atoms with van der Waals surface area (Å²) >= 11 is 0. The molecule has 1 aliphatic rings. The van der Waals surface area contributed by atoms with Gasteiger partial charge in [-0.25, -0.2) is 0 Å². The molecule has 26 heavy (non-hydrogen) atoms. The van der Waals surface area contributed by atoms with Gasteiger partial charge >= 0.3 is 0 Å². The fraction of sp³-hybridized carbons (Fsp3) is 0.421. The molecule has 2 amide bonds. The molecule has 0 spiro atoms. The molecule has 2 heterocycles. The molecule has 1 aromatic heterocycles. The van der Waals surface area contributed by atoms with Crippen molar-refractivity contribution in [1.82, 2.24) is 14.7 Å². The van der Waals surface area contributed by atoms with E-state index < -0.39 is 0 Å².